The molecule has 4 nitrogen and oxygen atoms in total. The third-order valence-electron chi connectivity index (χ3n) is 3.38. The largest absolute Gasteiger partial charge is 0.352 e. The van der Waals surface area contributed by atoms with Crippen LogP contribution in [-0.4, -0.2) is 33.3 Å². The van der Waals surface area contributed by atoms with E-state index in [9.17, 15) is 13.2 Å². The highest BCUT2D eigenvalue weighted by Crippen LogP contribution is 2.32. The van der Waals surface area contributed by atoms with Gasteiger partial charge in [0.15, 0.2) is 16.6 Å². The van der Waals surface area contributed by atoms with E-state index in [1.54, 1.807) is 11.0 Å². The Morgan fingerprint density at radius 2 is 2.26 bits per heavy atom. The number of hydrogen-bond acceptors (Lipinski definition) is 2. The number of benzene rings is 1. The molecule has 2 aliphatic rings. The molecular formula is C11H11ClFN2O2S2+. The molecule has 2 aliphatic heterocycles. The van der Waals surface area contributed by atoms with Crippen LogP contribution in [0.5, 0.6) is 0 Å². The molecule has 0 radical (unpaired) electrons. The number of hydrogen-bond donors (Lipinski definition) is 2. The van der Waals surface area contributed by atoms with Crippen molar-refractivity contribution in [2.75, 3.05) is 16.4 Å². The number of nitrogens with zero attached hydrogens (tertiary/aromatic N) is 1. The molecule has 1 aromatic rings. The second-order valence-corrected chi connectivity index (χ2v) is 7.70. The third kappa shape index (κ3) is 2.24. The fourth-order valence-corrected chi connectivity index (χ4v) is 4.98. The highest BCUT2D eigenvalue weighted by molar-refractivity contribution is 7.98. The lowest BCUT2D eigenvalue weighted by atomic mass is 10.1. The first kappa shape index (κ1) is 13.2. The Hall–Kier alpha value is -0.760. The first-order chi connectivity index (χ1) is 8.87. The van der Waals surface area contributed by atoms with Gasteiger partial charge in [0.1, 0.15) is 17.9 Å². The molecule has 0 spiro atoms. The third-order valence-corrected chi connectivity index (χ3v) is 5.74. The number of anilines is 1. The molecule has 3 atom stereocenters. The number of nitrogens with one attached hydrogen (secondary N) is 1. The van der Waals surface area contributed by atoms with Crippen molar-refractivity contribution in [3.8, 4) is 0 Å². The fourth-order valence-electron chi connectivity index (χ4n) is 2.56. The minimum atomic E-state index is -2.82. The lowest BCUT2D eigenvalue weighted by Crippen LogP contribution is -2.37. The van der Waals surface area contributed by atoms with Crippen LogP contribution in [-0.2, 0) is 14.4 Å². The van der Waals surface area contributed by atoms with Crippen LogP contribution < -0.4 is 10.2 Å². The Kier molecular flexibility index (Phi) is 3.05. The van der Waals surface area contributed by atoms with Gasteiger partial charge in [0.25, 0.3) is 0 Å². The van der Waals surface area contributed by atoms with E-state index in [1.165, 1.54) is 12.1 Å². The minimum Gasteiger partial charge on any atom is -0.352 e. The highest BCUT2D eigenvalue weighted by Gasteiger charge is 2.54. The van der Waals surface area contributed by atoms with Crippen LogP contribution in [0.2, 0.25) is 5.02 Å². The van der Waals surface area contributed by atoms with Gasteiger partial charge in [-0.3, -0.25) is 0 Å². The van der Waals surface area contributed by atoms with Crippen molar-refractivity contribution < 1.29 is 13.2 Å². The van der Waals surface area contributed by atoms with Gasteiger partial charge in [0.2, 0.25) is 10.2 Å². The normalized spacial score (nSPS) is 33.4. The van der Waals surface area contributed by atoms with Crippen LogP contribution >= 0.6 is 23.8 Å². The second-order valence-electron chi connectivity index (χ2n) is 4.70. The Morgan fingerprint density at radius 1 is 1.53 bits per heavy atom. The molecule has 0 amide bonds. The van der Waals surface area contributed by atoms with Gasteiger partial charge in [-0.2, -0.15) is 4.55 Å². The SMILES string of the molecule is O=[S+]1(O)C[C@@H]2[C@@H](C1)NC(=S)N2c1ccc(Cl)c(F)c1. The molecular weight excluding hydrogens is 311 g/mol. The summed E-state index contributed by atoms with van der Waals surface area (Å²) in [6.45, 7) is 0. The van der Waals surface area contributed by atoms with Gasteiger partial charge >= 0.3 is 0 Å². The molecule has 1 unspecified atom stereocenters. The molecule has 2 fully saturated rings. The lowest BCUT2D eigenvalue weighted by molar-refractivity contribution is 0.502. The maximum absolute atomic E-state index is 13.5. The van der Waals surface area contributed by atoms with Crippen LogP contribution in [0, 0.1) is 5.82 Å². The zero-order chi connectivity index (χ0) is 13.8. The summed E-state index contributed by atoms with van der Waals surface area (Å²) >= 11 is 10.9. The van der Waals surface area contributed by atoms with Crippen molar-refractivity contribution in [1.29, 1.82) is 0 Å². The maximum atomic E-state index is 13.5. The van der Waals surface area contributed by atoms with Crippen LogP contribution in [0.4, 0.5) is 10.1 Å². The summed E-state index contributed by atoms with van der Waals surface area (Å²) in [4.78, 5) is 1.70. The summed E-state index contributed by atoms with van der Waals surface area (Å²) in [5.74, 6) is -0.229. The molecule has 3 rings (SSSR count). The summed E-state index contributed by atoms with van der Waals surface area (Å²) in [5, 5.41) is 3.51. The molecule has 0 bridgehead atoms. The van der Waals surface area contributed by atoms with E-state index in [0.717, 1.165) is 0 Å². The molecule has 102 valence electrons. The topological polar surface area (TPSA) is 52.6 Å². The first-order valence-electron chi connectivity index (χ1n) is 5.64. The second kappa shape index (κ2) is 4.37. The van der Waals surface area contributed by atoms with E-state index >= 15 is 0 Å². The molecule has 0 saturated carbocycles. The predicted octanol–water partition coefficient (Wildman–Crippen LogP) is 1.90. The molecule has 0 aromatic heterocycles. The minimum absolute atomic E-state index is 0.0377. The molecule has 0 aliphatic carbocycles. The lowest BCUT2D eigenvalue weighted by Gasteiger charge is -2.22. The van der Waals surface area contributed by atoms with E-state index in [2.05, 4.69) is 5.32 Å². The Morgan fingerprint density at radius 3 is 2.95 bits per heavy atom. The van der Waals surface area contributed by atoms with Gasteiger partial charge in [-0.1, -0.05) is 15.8 Å². The van der Waals surface area contributed by atoms with Gasteiger partial charge in [-0.05, 0) is 30.4 Å². The van der Waals surface area contributed by atoms with Crippen LogP contribution in [0.3, 0.4) is 0 Å². The van der Waals surface area contributed by atoms with Crippen molar-refractivity contribution in [2.45, 2.75) is 12.1 Å². The number of rotatable bonds is 1. The van der Waals surface area contributed by atoms with Crippen molar-refractivity contribution in [2.24, 2.45) is 0 Å². The molecule has 8 heteroatoms. The van der Waals surface area contributed by atoms with Crippen LogP contribution in [0.25, 0.3) is 0 Å². The molecule has 1 aromatic carbocycles. The number of halogens is 2. The standard InChI is InChI=1S/C11H10ClFN2O2S2/c12-7-2-1-6(3-8(7)13)15-10-5-19(16,17)4-9(10)14-11(15)18/h1-3,9-10H,4-5H2,(H-,14,16,17,18)/p+1/t9-,10-/m1/s1. The maximum Gasteiger partial charge on any atom is 0.218 e. The molecule has 2 N–H and O–H groups in total. The van der Waals surface area contributed by atoms with Crippen LogP contribution in [0.15, 0.2) is 18.2 Å². The summed E-state index contributed by atoms with van der Waals surface area (Å²) in [6.07, 6.45) is 0. The molecule has 19 heavy (non-hydrogen) atoms. The van der Waals surface area contributed by atoms with Gasteiger partial charge in [0.05, 0.1) is 5.02 Å². The van der Waals surface area contributed by atoms with Crippen molar-refractivity contribution in [1.82, 2.24) is 5.32 Å². The fraction of sp³-hybridized carbons (Fsp3) is 0.364. The molecule has 2 saturated heterocycles. The zero-order valence-corrected chi connectivity index (χ0v) is 12.1. The monoisotopic (exact) mass is 321 g/mol. The number of fused-ring (bicyclic) bond motifs is 1. The smallest absolute Gasteiger partial charge is 0.218 e. The summed E-state index contributed by atoms with van der Waals surface area (Å²) in [7, 11) is -2.82. The zero-order valence-electron chi connectivity index (χ0n) is 9.68. The first-order valence-corrected chi connectivity index (χ1v) is 8.28. The van der Waals surface area contributed by atoms with Crippen molar-refractivity contribution in [3.63, 3.8) is 0 Å². The average Bonchev–Trinajstić information content (AvgIpc) is 2.73. The summed E-state index contributed by atoms with van der Waals surface area (Å²) in [5.41, 5.74) is 0.545. The van der Waals surface area contributed by atoms with Crippen molar-refractivity contribution in [3.05, 3.63) is 29.0 Å². The van der Waals surface area contributed by atoms with Gasteiger partial charge in [-0.25, -0.2) is 4.39 Å². The Labute approximate surface area is 121 Å². The Balaban J connectivity index is 1.97. The summed E-state index contributed by atoms with van der Waals surface area (Å²) in [6, 6.07) is 4.01. The van der Waals surface area contributed by atoms with Crippen molar-refractivity contribution >= 4 is 44.8 Å². The number of thiocarbonyl (C=S) groups is 1. The quantitative estimate of drug-likeness (QED) is 0.611. The van der Waals surface area contributed by atoms with Crippen LogP contribution in [0.1, 0.15) is 0 Å². The summed E-state index contributed by atoms with van der Waals surface area (Å²) < 4.78 is 35.0. The highest BCUT2D eigenvalue weighted by atomic mass is 35.5. The van der Waals surface area contributed by atoms with E-state index in [-0.39, 0.29) is 28.6 Å². The van der Waals surface area contributed by atoms with E-state index in [1.807, 2.05) is 0 Å². The van der Waals surface area contributed by atoms with Gasteiger partial charge in [-0.15, -0.1) is 0 Å². The predicted molar refractivity (Wildman–Crippen MR) is 77.6 cm³/mol. The van der Waals surface area contributed by atoms with Gasteiger partial charge < -0.3 is 10.2 Å². The van der Waals surface area contributed by atoms with Gasteiger partial charge in [0, 0.05) is 5.69 Å². The average molecular weight is 322 g/mol. The van der Waals surface area contributed by atoms with E-state index in [0.29, 0.717) is 10.8 Å². The van der Waals surface area contributed by atoms with E-state index < -0.39 is 16.0 Å². The van der Waals surface area contributed by atoms with E-state index in [4.69, 9.17) is 23.8 Å². The Bertz CT molecular complexity index is 612. The molecule has 2 heterocycles.